The summed E-state index contributed by atoms with van der Waals surface area (Å²) in [5.41, 5.74) is 1.89. The smallest absolute Gasteiger partial charge is 0.341 e. The molecule has 28 heavy (non-hydrogen) atoms. The summed E-state index contributed by atoms with van der Waals surface area (Å²) in [6, 6.07) is 16.5. The van der Waals surface area contributed by atoms with E-state index in [2.05, 4.69) is 10.3 Å². The zero-order valence-electron chi connectivity index (χ0n) is 14.4. The molecule has 0 aliphatic rings. The number of rotatable bonds is 6. The van der Waals surface area contributed by atoms with Crippen LogP contribution in [0.25, 0.3) is 11.3 Å². The average molecular weight is 417 g/mol. The molecule has 142 valence electrons. The highest BCUT2D eigenvalue weighted by atomic mass is 35.5. The summed E-state index contributed by atoms with van der Waals surface area (Å²) in [6.45, 7) is -0.469. The van der Waals surface area contributed by atoms with E-state index in [1.807, 2.05) is 0 Å². The molecule has 1 amide bonds. The summed E-state index contributed by atoms with van der Waals surface area (Å²) < 4.78 is 5.10. The number of benzene rings is 2. The van der Waals surface area contributed by atoms with Crippen molar-refractivity contribution in [1.29, 1.82) is 0 Å². The molecule has 0 aliphatic heterocycles. The Morgan fingerprint density at radius 3 is 2.43 bits per heavy atom. The second-order valence-corrected chi connectivity index (χ2v) is 6.60. The first-order valence-corrected chi connectivity index (χ1v) is 8.86. The Balaban J connectivity index is 1.78. The lowest BCUT2D eigenvalue weighted by molar-refractivity contribution is -0.139. The Bertz CT molecular complexity index is 1020. The molecule has 0 atom stereocenters. The van der Waals surface area contributed by atoms with Crippen molar-refractivity contribution in [2.75, 3.05) is 11.9 Å². The number of carboxylic acid groups (broad SMARTS) is 1. The summed E-state index contributed by atoms with van der Waals surface area (Å²) in [6.07, 6.45) is 0. The number of hydrogen-bond donors (Lipinski definition) is 2. The summed E-state index contributed by atoms with van der Waals surface area (Å²) in [4.78, 5) is 27.5. The molecule has 0 aliphatic carbocycles. The Morgan fingerprint density at radius 2 is 1.71 bits per heavy atom. The molecule has 0 unspecified atom stereocenters. The molecule has 1 aromatic heterocycles. The van der Waals surface area contributed by atoms with Crippen LogP contribution in [0.1, 0.15) is 10.5 Å². The minimum Gasteiger partial charge on any atom is -0.482 e. The van der Waals surface area contributed by atoms with E-state index in [4.69, 9.17) is 33.0 Å². The fourth-order valence-corrected chi connectivity index (χ4v) is 2.95. The molecule has 8 heteroatoms. The van der Waals surface area contributed by atoms with Crippen LogP contribution in [0, 0.1) is 0 Å². The van der Waals surface area contributed by atoms with E-state index in [1.165, 1.54) is 6.07 Å². The molecule has 0 bridgehead atoms. The minimum absolute atomic E-state index is 0.199. The molecule has 3 rings (SSSR count). The summed E-state index contributed by atoms with van der Waals surface area (Å²) in [5, 5.41) is 12.3. The van der Waals surface area contributed by atoms with E-state index in [0.29, 0.717) is 32.7 Å². The molecular formula is C20H14Cl2N2O4. The van der Waals surface area contributed by atoms with Crippen LogP contribution < -0.4 is 10.1 Å². The summed E-state index contributed by atoms with van der Waals surface area (Å²) in [5.74, 6) is -1.18. The maximum Gasteiger partial charge on any atom is 0.341 e. The molecule has 0 saturated heterocycles. The van der Waals surface area contributed by atoms with Gasteiger partial charge in [0, 0.05) is 27.4 Å². The van der Waals surface area contributed by atoms with Gasteiger partial charge in [0.1, 0.15) is 11.4 Å². The lowest BCUT2D eigenvalue weighted by atomic mass is 10.1. The van der Waals surface area contributed by atoms with E-state index in [9.17, 15) is 9.59 Å². The van der Waals surface area contributed by atoms with Gasteiger partial charge in [0.05, 0.1) is 5.69 Å². The number of hydrogen-bond acceptors (Lipinski definition) is 4. The Labute approximate surface area is 170 Å². The van der Waals surface area contributed by atoms with Crippen LogP contribution in [0.3, 0.4) is 0 Å². The van der Waals surface area contributed by atoms with Crippen LogP contribution in [0.5, 0.6) is 5.75 Å². The van der Waals surface area contributed by atoms with Gasteiger partial charge >= 0.3 is 5.97 Å². The highest BCUT2D eigenvalue weighted by Crippen LogP contribution is 2.26. The third-order valence-corrected chi connectivity index (χ3v) is 4.03. The number of carbonyl (C=O) groups is 2. The predicted octanol–water partition coefficient (Wildman–Crippen LogP) is 4.77. The Hall–Kier alpha value is -3.09. The van der Waals surface area contributed by atoms with E-state index >= 15 is 0 Å². The van der Waals surface area contributed by atoms with Gasteiger partial charge in [0.2, 0.25) is 0 Å². The molecule has 2 N–H and O–H groups in total. The van der Waals surface area contributed by atoms with Gasteiger partial charge in [0.15, 0.2) is 6.61 Å². The number of aliphatic carboxylic acids is 1. The van der Waals surface area contributed by atoms with Gasteiger partial charge in [-0.2, -0.15) is 0 Å². The largest absolute Gasteiger partial charge is 0.482 e. The van der Waals surface area contributed by atoms with Crippen LogP contribution in [-0.2, 0) is 4.79 Å². The fraction of sp³-hybridized carbons (Fsp3) is 0.0500. The maximum atomic E-state index is 12.5. The third-order valence-electron chi connectivity index (χ3n) is 3.59. The van der Waals surface area contributed by atoms with Crippen molar-refractivity contribution < 1.29 is 19.4 Å². The van der Waals surface area contributed by atoms with E-state index in [-0.39, 0.29) is 5.69 Å². The lowest BCUT2D eigenvalue weighted by Gasteiger charge is -2.09. The van der Waals surface area contributed by atoms with Crippen molar-refractivity contribution in [2.45, 2.75) is 0 Å². The number of pyridine rings is 1. The van der Waals surface area contributed by atoms with Crippen molar-refractivity contribution in [2.24, 2.45) is 0 Å². The molecule has 0 fully saturated rings. The van der Waals surface area contributed by atoms with Gasteiger partial charge in [-0.25, -0.2) is 9.78 Å². The topological polar surface area (TPSA) is 88.5 Å². The van der Waals surface area contributed by atoms with Crippen LogP contribution in [0.2, 0.25) is 10.0 Å². The van der Waals surface area contributed by atoms with Crippen molar-refractivity contribution in [1.82, 2.24) is 4.98 Å². The highest BCUT2D eigenvalue weighted by Gasteiger charge is 2.11. The van der Waals surface area contributed by atoms with Crippen molar-refractivity contribution in [3.63, 3.8) is 0 Å². The first-order valence-electron chi connectivity index (χ1n) is 8.10. The molecular weight excluding hydrogens is 403 g/mol. The number of carbonyl (C=O) groups excluding carboxylic acids is 1. The maximum absolute atomic E-state index is 12.5. The Kier molecular flexibility index (Phi) is 6.13. The number of carboxylic acids is 1. The molecule has 1 heterocycles. The molecule has 6 nitrogen and oxygen atoms in total. The van der Waals surface area contributed by atoms with Gasteiger partial charge in [0.25, 0.3) is 5.91 Å². The van der Waals surface area contributed by atoms with Gasteiger partial charge in [-0.05, 0) is 42.5 Å². The number of halogens is 2. The Morgan fingerprint density at radius 1 is 1.00 bits per heavy atom. The van der Waals surface area contributed by atoms with E-state index < -0.39 is 18.5 Å². The SMILES string of the molecule is O=C(O)COc1cccc(NC(=O)c2cccc(-c3cc(Cl)cc(Cl)c3)n2)c1. The summed E-state index contributed by atoms with van der Waals surface area (Å²) in [7, 11) is 0. The van der Waals surface area contributed by atoms with Crippen LogP contribution >= 0.6 is 23.2 Å². The first kappa shape index (κ1) is 19.7. The molecule has 3 aromatic rings. The van der Waals surface area contributed by atoms with Gasteiger partial charge in [-0.15, -0.1) is 0 Å². The van der Waals surface area contributed by atoms with Crippen LogP contribution in [0.15, 0.2) is 60.7 Å². The predicted molar refractivity (Wildman–Crippen MR) is 107 cm³/mol. The monoisotopic (exact) mass is 416 g/mol. The van der Waals surface area contributed by atoms with Crippen LogP contribution in [-0.4, -0.2) is 28.6 Å². The number of ether oxygens (including phenoxy) is 1. The third kappa shape index (κ3) is 5.22. The first-order chi connectivity index (χ1) is 13.4. The normalized spacial score (nSPS) is 10.4. The quantitative estimate of drug-likeness (QED) is 0.603. The number of amides is 1. The second-order valence-electron chi connectivity index (χ2n) is 5.73. The van der Waals surface area contributed by atoms with Crippen LogP contribution in [0.4, 0.5) is 5.69 Å². The molecule has 0 saturated carbocycles. The minimum atomic E-state index is -1.09. The van der Waals surface area contributed by atoms with Gasteiger partial charge in [-0.3, -0.25) is 4.79 Å². The number of nitrogens with one attached hydrogen (secondary N) is 1. The van der Waals surface area contributed by atoms with Crippen molar-refractivity contribution >= 4 is 40.8 Å². The molecule has 0 radical (unpaired) electrons. The van der Waals surface area contributed by atoms with Gasteiger partial charge in [-0.1, -0.05) is 35.3 Å². The van der Waals surface area contributed by atoms with Crippen molar-refractivity contribution in [3.05, 3.63) is 76.4 Å². The fourth-order valence-electron chi connectivity index (χ4n) is 2.43. The second kappa shape index (κ2) is 8.73. The zero-order chi connectivity index (χ0) is 20.1. The van der Waals surface area contributed by atoms with Crippen molar-refractivity contribution in [3.8, 4) is 17.0 Å². The summed E-state index contributed by atoms with van der Waals surface area (Å²) >= 11 is 12.1. The van der Waals surface area contributed by atoms with E-state index in [1.54, 1.807) is 54.6 Å². The highest BCUT2D eigenvalue weighted by molar-refractivity contribution is 6.35. The number of anilines is 1. The number of aromatic nitrogens is 1. The zero-order valence-corrected chi connectivity index (χ0v) is 15.9. The van der Waals surface area contributed by atoms with E-state index in [0.717, 1.165) is 0 Å². The molecule has 0 spiro atoms. The standard InChI is InChI=1S/C20H14Cl2N2O4/c21-13-7-12(8-14(22)9-13)17-5-2-6-18(24-17)20(27)23-15-3-1-4-16(10-15)28-11-19(25)26/h1-10H,11H2,(H,23,27)(H,25,26). The van der Waals surface area contributed by atoms with Gasteiger partial charge < -0.3 is 15.2 Å². The number of nitrogens with zero attached hydrogens (tertiary/aromatic N) is 1. The average Bonchev–Trinajstić information content (AvgIpc) is 2.66. The lowest BCUT2D eigenvalue weighted by Crippen LogP contribution is -2.14. The molecule has 2 aromatic carbocycles.